The molecule has 0 unspecified atom stereocenters. The molecule has 0 radical (unpaired) electrons. The second-order valence-electron chi connectivity index (χ2n) is 6.77. The van der Waals surface area contributed by atoms with Crippen LogP contribution in [0.5, 0.6) is 0 Å². The number of carbonyl (C=O) groups is 1. The van der Waals surface area contributed by atoms with E-state index >= 15 is 4.39 Å². The first kappa shape index (κ1) is 16.8. The van der Waals surface area contributed by atoms with E-state index in [0.717, 1.165) is 25.9 Å². The molecule has 1 aliphatic heterocycles. The molecule has 26 heavy (non-hydrogen) atoms. The van der Waals surface area contributed by atoms with Gasteiger partial charge < -0.3 is 19.9 Å². The highest BCUT2D eigenvalue weighted by Crippen LogP contribution is 2.40. The quantitative estimate of drug-likeness (QED) is 0.878. The van der Waals surface area contributed by atoms with Crippen LogP contribution in [0.25, 0.3) is 17.0 Å². The molecule has 1 aromatic heterocycles. The second-order valence-corrected chi connectivity index (χ2v) is 6.77. The third-order valence-corrected chi connectivity index (χ3v) is 5.09. The molecule has 2 aliphatic rings. The smallest absolute Gasteiger partial charge is 0.341 e. The van der Waals surface area contributed by atoms with Crippen LogP contribution in [0, 0.1) is 5.82 Å². The molecule has 0 atom stereocenters. The highest BCUT2D eigenvalue weighted by Gasteiger charge is 2.30. The summed E-state index contributed by atoms with van der Waals surface area (Å²) in [5.41, 5.74) is 0.591. The molecule has 7 heteroatoms. The van der Waals surface area contributed by atoms with Gasteiger partial charge in [0, 0.05) is 44.0 Å². The van der Waals surface area contributed by atoms with E-state index in [-0.39, 0.29) is 17.0 Å². The Balaban J connectivity index is 2.07. The minimum atomic E-state index is -1.29. The van der Waals surface area contributed by atoms with Gasteiger partial charge in [-0.1, -0.05) is 12.7 Å². The zero-order chi connectivity index (χ0) is 18.4. The first-order valence-electron chi connectivity index (χ1n) is 8.75. The summed E-state index contributed by atoms with van der Waals surface area (Å²) in [5.74, 6) is -1.81. The molecule has 2 N–H and O–H groups in total. The summed E-state index contributed by atoms with van der Waals surface area (Å²) in [6.07, 6.45) is 4.79. The molecule has 1 aliphatic carbocycles. The molecular formula is C19H20FN3O3. The lowest BCUT2D eigenvalue weighted by molar-refractivity contribution is 0.0695. The van der Waals surface area contributed by atoms with E-state index in [1.54, 1.807) is 6.08 Å². The van der Waals surface area contributed by atoms with Crippen LogP contribution in [0.2, 0.25) is 0 Å². The summed E-state index contributed by atoms with van der Waals surface area (Å²) < 4.78 is 16.8. The molecular weight excluding hydrogens is 337 g/mol. The Morgan fingerprint density at radius 3 is 2.62 bits per heavy atom. The Morgan fingerprint density at radius 1 is 1.35 bits per heavy atom. The summed E-state index contributed by atoms with van der Waals surface area (Å²) in [7, 11) is 0. The fourth-order valence-corrected chi connectivity index (χ4v) is 3.70. The first-order valence-corrected chi connectivity index (χ1v) is 8.75. The number of aromatic carboxylic acids is 1. The summed E-state index contributed by atoms with van der Waals surface area (Å²) in [6, 6.07) is 1.32. The molecule has 1 saturated heterocycles. The number of rotatable bonds is 4. The number of carboxylic acid groups (broad SMARTS) is 1. The van der Waals surface area contributed by atoms with Crippen molar-refractivity contribution in [2.24, 2.45) is 0 Å². The topological polar surface area (TPSA) is 74.6 Å². The minimum absolute atomic E-state index is 0.100. The summed E-state index contributed by atoms with van der Waals surface area (Å²) in [6.45, 7) is 6.66. The van der Waals surface area contributed by atoms with E-state index in [1.807, 2.05) is 9.47 Å². The monoisotopic (exact) mass is 357 g/mol. The largest absolute Gasteiger partial charge is 0.477 e. The number of fused-ring (bicyclic) bond motifs is 1. The molecule has 2 aromatic rings. The fraction of sp³-hybridized carbons (Fsp3) is 0.368. The van der Waals surface area contributed by atoms with E-state index < -0.39 is 17.2 Å². The molecule has 1 aromatic carbocycles. The summed E-state index contributed by atoms with van der Waals surface area (Å²) >= 11 is 0. The number of hydrogen-bond acceptors (Lipinski definition) is 4. The minimum Gasteiger partial charge on any atom is -0.477 e. The van der Waals surface area contributed by atoms with Crippen LogP contribution in [0.1, 0.15) is 34.8 Å². The number of piperazine rings is 1. The molecule has 1 saturated carbocycles. The van der Waals surface area contributed by atoms with Gasteiger partial charge in [-0.15, -0.1) is 0 Å². The van der Waals surface area contributed by atoms with E-state index in [2.05, 4.69) is 11.9 Å². The highest BCUT2D eigenvalue weighted by atomic mass is 19.1. The zero-order valence-electron chi connectivity index (χ0n) is 14.3. The number of hydrogen-bond donors (Lipinski definition) is 2. The van der Waals surface area contributed by atoms with Crippen molar-refractivity contribution < 1.29 is 14.3 Å². The standard InChI is InChI=1S/C19H20FN3O3/c1-2-12-16-13(9-15(20)17(12)22-7-5-21-6-8-22)18(24)14(19(25)26)10-23(16)11-3-4-11/h2,9-11,21H,1,3-8H2,(H,25,26). The van der Waals surface area contributed by atoms with Gasteiger partial charge in [0.2, 0.25) is 5.43 Å². The summed E-state index contributed by atoms with van der Waals surface area (Å²) in [4.78, 5) is 26.1. The SMILES string of the molecule is C=Cc1c(N2CCNCC2)c(F)cc2c(=O)c(C(=O)O)cn(C3CC3)c12. The lowest BCUT2D eigenvalue weighted by Crippen LogP contribution is -2.44. The van der Waals surface area contributed by atoms with E-state index in [1.165, 1.54) is 12.3 Å². The molecule has 136 valence electrons. The number of carboxylic acids is 1. The molecule has 2 heterocycles. The zero-order valence-corrected chi connectivity index (χ0v) is 14.3. The maximum absolute atomic E-state index is 15.0. The lowest BCUT2D eigenvalue weighted by atomic mass is 10.0. The average molecular weight is 357 g/mol. The molecule has 4 rings (SSSR count). The normalized spacial score (nSPS) is 17.5. The van der Waals surface area contributed by atoms with Crippen molar-refractivity contribution in [3.8, 4) is 0 Å². The molecule has 0 amide bonds. The third kappa shape index (κ3) is 2.59. The first-order chi connectivity index (χ1) is 12.5. The van der Waals surface area contributed by atoms with Crippen molar-refractivity contribution in [3.05, 3.63) is 46.0 Å². The van der Waals surface area contributed by atoms with Gasteiger partial charge in [0.05, 0.1) is 16.6 Å². The number of halogens is 1. The van der Waals surface area contributed by atoms with Crippen LogP contribution in [-0.4, -0.2) is 41.8 Å². The predicted molar refractivity (Wildman–Crippen MR) is 98.6 cm³/mol. The van der Waals surface area contributed by atoms with Gasteiger partial charge in [0.1, 0.15) is 11.4 Å². The van der Waals surface area contributed by atoms with Crippen LogP contribution >= 0.6 is 0 Å². The van der Waals surface area contributed by atoms with Crippen molar-refractivity contribution in [1.82, 2.24) is 9.88 Å². The van der Waals surface area contributed by atoms with Crippen molar-refractivity contribution in [2.45, 2.75) is 18.9 Å². The average Bonchev–Trinajstić information content (AvgIpc) is 3.47. The van der Waals surface area contributed by atoms with Gasteiger partial charge in [0.25, 0.3) is 0 Å². The Hall–Kier alpha value is -2.67. The van der Waals surface area contributed by atoms with Gasteiger partial charge in [0.15, 0.2) is 0 Å². The second kappa shape index (κ2) is 6.25. The number of nitrogens with zero attached hydrogens (tertiary/aromatic N) is 2. The van der Waals surface area contributed by atoms with Crippen LogP contribution in [0.4, 0.5) is 10.1 Å². The molecule has 0 bridgehead atoms. The van der Waals surface area contributed by atoms with Crippen molar-refractivity contribution in [2.75, 3.05) is 31.1 Å². The van der Waals surface area contributed by atoms with Gasteiger partial charge in [-0.25, -0.2) is 9.18 Å². The van der Waals surface area contributed by atoms with Crippen molar-refractivity contribution in [3.63, 3.8) is 0 Å². The molecule has 0 spiro atoms. The van der Waals surface area contributed by atoms with E-state index in [9.17, 15) is 14.7 Å². The fourth-order valence-electron chi connectivity index (χ4n) is 3.70. The van der Waals surface area contributed by atoms with E-state index in [0.29, 0.717) is 29.9 Å². The lowest BCUT2D eigenvalue weighted by Gasteiger charge is -2.32. The van der Waals surface area contributed by atoms with Gasteiger partial charge in [-0.3, -0.25) is 4.79 Å². The van der Waals surface area contributed by atoms with Crippen LogP contribution in [0.3, 0.4) is 0 Å². The number of pyridine rings is 1. The molecule has 6 nitrogen and oxygen atoms in total. The van der Waals surface area contributed by atoms with Crippen LogP contribution in [0.15, 0.2) is 23.6 Å². The Morgan fingerprint density at radius 2 is 2.04 bits per heavy atom. The van der Waals surface area contributed by atoms with Crippen LogP contribution in [-0.2, 0) is 0 Å². The Labute approximate surface area is 149 Å². The van der Waals surface area contributed by atoms with Gasteiger partial charge >= 0.3 is 5.97 Å². The summed E-state index contributed by atoms with van der Waals surface area (Å²) in [5, 5.41) is 12.7. The maximum atomic E-state index is 15.0. The maximum Gasteiger partial charge on any atom is 0.341 e. The van der Waals surface area contributed by atoms with Crippen LogP contribution < -0.4 is 15.6 Å². The third-order valence-electron chi connectivity index (χ3n) is 5.09. The van der Waals surface area contributed by atoms with Crippen molar-refractivity contribution >= 4 is 28.6 Å². The predicted octanol–water partition coefficient (Wildman–Crippen LogP) is 2.23. The highest BCUT2D eigenvalue weighted by molar-refractivity contribution is 5.98. The Bertz CT molecular complexity index is 972. The Kier molecular flexibility index (Phi) is 4.03. The van der Waals surface area contributed by atoms with E-state index in [4.69, 9.17) is 0 Å². The van der Waals surface area contributed by atoms with Gasteiger partial charge in [-0.2, -0.15) is 0 Å². The molecule has 2 fully saturated rings. The van der Waals surface area contributed by atoms with Crippen molar-refractivity contribution in [1.29, 1.82) is 0 Å². The number of benzene rings is 1. The number of aromatic nitrogens is 1. The number of anilines is 1. The number of nitrogens with one attached hydrogen (secondary N) is 1. The van der Waals surface area contributed by atoms with Gasteiger partial charge in [-0.05, 0) is 18.9 Å².